The third kappa shape index (κ3) is 7.71. The lowest BCUT2D eigenvalue weighted by Gasteiger charge is -2.42. The van der Waals surface area contributed by atoms with Gasteiger partial charge in [0.1, 0.15) is 12.1 Å². The van der Waals surface area contributed by atoms with Gasteiger partial charge < -0.3 is 30.5 Å². The van der Waals surface area contributed by atoms with E-state index in [1.807, 2.05) is 45.9 Å². The number of benzene rings is 1. The lowest BCUT2D eigenvalue weighted by Crippen LogP contribution is -2.65. The van der Waals surface area contributed by atoms with Crippen LogP contribution in [0.2, 0.25) is 0 Å². The van der Waals surface area contributed by atoms with Crippen LogP contribution in [0.25, 0.3) is 0 Å². The Balaban J connectivity index is 1.84. The third-order valence-electron chi connectivity index (χ3n) is 7.51. The molecule has 1 aromatic rings. The monoisotopic (exact) mass is 543 g/mol. The van der Waals surface area contributed by atoms with Crippen molar-refractivity contribution in [3.63, 3.8) is 0 Å². The quantitative estimate of drug-likeness (QED) is 0.440. The van der Waals surface area contributed by atoms with Gasteiger partial charge in [-0.3, -0.25) is 14.4 Å². The molecule has 4 unspecified atom stereocenters. The van der Waals surface area contributed by atoms with Crippen LogP contribution in [0.3, 0.4) is 0 Å². The molecule has 2 aliphatic rings. The zero-order valence-electron chi connectivity index (χ0n) is 24.2. The molecule has 3 rings (SSSR count). The number of piperazine rings is 1. The predicted molar refractivity (Wildman–Crippen MR) is 149 cm³/mol. The van der Waals surface area contributed by atoms with E-state index in [-0.39, 0.29) is 61.8 Å². The highest BCUT2D eigenvalue weighted by molar-refractivity contribution is 5.94. The molecule has 1 aliphatic carbocycles. The molecule has 216 valence electrons. The summed E-state index contributed by atoms with van der Waals surface area (Å²) in [7, 11) is 1.68. The average Bonchev–Trinajstić information content (AvgIpc) is 2.93. The molecule has 0 spiro atoms. The highest BCUT2D eigenvalue weighted by Gasteiger charge is 2.41. The molecule has 0 saturated carbocycles. The molecular weight excluding hydrogens is 498 g/mol. The number of hydrogen-bond acceptors (Lipinski definition) is 6. The smallest absolute Gasteiger partial charge is 0.409 e. The van der Waals surface area contributed by atoms with E-state index in [0.717, 1.165) is 24.8 Å². The van der Waals surface area contributed by atoms with Crippen molar-refractivity contribution < 1.29 is 23.9 Å². The fourth-order valence-corrected chi connectivity index (χ4v) is 5.04. The number of likely N-dealkylation sites (N-methyl/N-ethyl adjacent to an activating group) is 1. The summed E-state index contributed by atoms with van der Waals surface area (Å²) < 4.78 is 5.43. The molecule has 0 radical (unpaired) electrons. The molecule has 10 nitrogen and oxygen atoms in total. The molecular formula is C29H45N5O5. The molecule has 1 fully saturated rings. The van der Waals surface area contributed by atoms with Crippen molar-refractivity contribution in [2.45, 2.75) is 78.0 Å². The Kier molecular flexibility index (Phi) is 10.7. The van der Waals surface area contributed by atoms with E-state index in [1.165, 1.54) is 15.4 Å². The van der Waals surface area contributed by atoms with Crippen molar-refractivity contribution in [2.24, 2.45) is 11.8 Å². The minimum absolute atomic E-state index is 0.0224. The van der Waals surface area contributed by atoms with Gasteiger partial charge in [-0.15, -0.1) is 0 Å². The van der Waals surface area contributed by atoms with Gasteiger partial charge in [0.25, 0.3) is 0 Å². The van der Waals surface area contributed by atoms with Crippen LogP contribution < -0.4 is 16.0 Å². The minimum Gasteiger partial charge on any atom is -0.449 e. The number of nitrogens with one attached hydrogen (secondary N) is 3. The second kappa shape index (κ2) is 13.8. The van der Waals surface area contributed by atoms with Gasteiger partial charge in [0, 0.05) is 13.1 Å². The maximum Gasteiger partial charge on any atom is 0.409 e. The SMILES string of the molecule is CNC(C)C(=O)NC(C(=O)N1CCN(C(=O)OCC(C)C)CC1C(=O)NC1CCCc2ccccc21)C(C)C. The van der Waals surface area contributed by atoms with Crippen molar-refractivity contribution >= 4 is 23.8 Å². The fourth-order valence-electron chi connectivity index (χ4n) is 5.04. The Labute approximate surface area is 232 Å². The number of rotatable bonds is 9. The Morgan fingerprint density at radius 2 is 1.77 bits per heavy atom. The normalized spacial score (nSPS) is 20.7. The molecule has 1 aromatic carbocycles. The van der Waals surface area contributed by atoms with E-state index in [4.69, 9.17) is 4.74 Å². The number of ether oxygens (including phenoxy) is 1. The maximum atomic E-state index is 13.9. The number of nitrogens with zero attached hydrogens (tertiary/aromatic N) is 2. The molecule has 4 atom stereocenters. The van der Waals surface area contributed by atoms with Gasteiger partial charge in [-0.1, -0.05) is 52.0 Å². The Morgan fingerprint density at radius 3 is 2.44 bits per heavy atom. The zero-order chi connectivity index (χ0) is 28.7. The fraction of sp³-hybridized carbons (Fsp3) is 0.655. The van der Waals surface area contributed by atoms with E-state index in [0.29, 0.717) is 0 Å². The Morgan fingerprint density at radius 1 is 1.05 bits per heavy atom. The second-order valence-electron chi connectivity index (χ2n) is 11.4. The molecule has 4 amide bonds. The first kappa shape index (κ1) is 30.4. The van der Waals surface area contributed by atoms with E-state index in [2.05, 4.69) is 22.0 Å². The van der Waals surface area contributed by atoms with Crippen LogP contribution in [-0.2, 0) is 25.5 Å². The maximum absolute atomic E-state index is 13.9. The van der Waals surface area contributed by atoms with Crippen LogP contribution >= 0.6 is 0 Å². The van der Waals surface area contributed by atoms with Crippen molar-refractivity contribution in [1.29, 1.82) is 0 Å². The summed E-state index contributed by atoms with van der Waals surface area (Å²) >= 11 is 0. The standard InChI is InChI=1S/C29H45N5O5/c1-18(2)17-39-29(38)33-14-15-34(28(37)25(19(3)4)32-26(35)20(5)30-6)24(16-33)27(36)31-23-13-9-11-21-10-7-8-12-22(21)23/h7-8,10,12,18-20,23-25,30H,9,11,13-17H2,1-6H3,(H,31,36)(H,32,35). The van der Waals surface area contributed by atoms with Gasteiger partial charge >= 0.3 is 6.09 Å². The molecule has 0 aromatic heterocycles. The van der Waals surface area contributed by atoms with Crippen molar-refractivity contribution in [1.82, 2.24) is 25.8 Å². The van der Waals surface area contributed by atoms with Gasteiger partial charge in [-0.2, -0.15) is 0 Å². The van der Waals surface area contributed by atoms with Gasteiger partial charge in [0.05, 0.1) is 25.2 Å². The molecule has 1 aliphatic heterocycles. The molecule has 1 heterocycles. The summed E-state index contributed by atoms with van der Waals surface area (Å²) in [4.78, 5) is 56.1. The zero-order valence-corrected chi connectivity index (χ0v) is 24.2. The van der Waals surface area contributed by atoms with Crippen LogP contribution in [-0.4, -0.2) is 85.0 Å². The minimum atomic E-state index is -0.910. The van der Waals surface area contributed by atoms with Crippen molar-refractivity contribution in [3.05, 3.63) is 35.4 Å². The van der Waals surface area contributed by atoms with Crippen LogP contribution in [0.5, 0.6) is 0 Å². The first-order valence-electron chi connectivity index (χ1n) is 14.1. The van der Waals surface area contributed by atoms with Crippen LogP contribution in [0.1, 0.15) is 64.6 Å². The topological polar surface area (TPSA) is 120 Å². The first-order valence-corrected chi connectivity index (χ1v) is 14.1. The summed E-state index contributed by atoms with van der Waals surface area (Å²) in [6, 6.07) is 5.72. The van der Waals surface area contributed by atoms with Gasteiger partial charge in [0.2, 0.25) is 17.7 Å². The average molecular weight is 544 g/mol. The molecule has 39 heavy (non-hydrogen) atoms. The highest BCUT2D eigenvalue weighted by Crippen LogP contribution is 2.30. The van der Waals surface area contributed by atoms with Crippen LogP contribution in [0.15, 0.2) is 24.3 Å². The lowest BCUT2D eigenvalue weighted by molar-refractivity contribution is -0.147. The van der Waals surface area contributed by atoms with Gasteiger partial charge in [-0.25, -0.2) is 4.79 Å². The second-order valence-corrected chi connectivity index (χ2v) is 11.4. The van der Waals surface area contributed by atoms with Gasteiger partial charge in [0.15, 0.2) is 0 Å². The summed E-state index contributed by atoms with van der Waals surface area (Å²) in [5, 5.41) is 8.91. The van der Waals surface area contributed by atoms with E-state index in [9.17, 15) is 19.2 Å². The molecule has 0 bridgehead atoms. The summed E-state index contributed by atoms with van der Waals surface area (Å²) in [5.74, 6) is -0.962. The molecule has 10 heteroatoms. The summed E-state index contributed by atoms with van der Waals surface area (Å²) in [6.07, 6.45) is 2.23. The number of amides is 4. The Hall–Kier alpha value is -3.14. The number of hydrogen-bond donors (Lipinski definition) is 3. The van der Waals surface area contributed by atoms with E-state index < -0.39 is 24.2 Å². The predicted octanol–water partition coefficient (Wildman–Crippen LogP) is 2.23. The van der Waals surface area contributed by atoms with Crippen molar-refractivity contribution in [2.75, 3.05) is 33.3 Å². The van der Waals surface area contributed by atoms with Crippen LogP contribution in [0, 0.1) is 11.8 Å². The number of fused-ring (bicyclic) bond motifs is 1. The molecule has 3 N–H and O–H groups in total. The number of carbonyl (C=O) groups excluding carboxylic acids is 4. The largest absolute Gasteiger partial charge is 0.449 e. The van der Waals surface area contributed by atoms with Crippen LogP contribution in [0.4, 0.5) is 4.79 Å². The number of carbonyl (C=O) groups is 4. The first-order chi connectivity index (χ1) is 18.5. The van der Waals surface area contributed by atoms with E-state index in [1.54, 1.807) is 14.0 Å². The Bertz CT molecular complexity index is 1030. The molecule has 1 saturated heterocycles. The lowest BCUT2D eigenvalue weighted by atomic mass is 9.87. The third-order valence-corrected chi connectivity index (χ3v) is 7.51. The van der Waals surface area contributed by atoms with Gasteiger partial charge in [-0.05, 0) is 56.2 Å². The summed E-state index contributed by atoms with van der Waals surface area (Å²) in [5.41, 5.74) is 2.30. The summed E-state index contributed by atoms with van der Waals surface area (Å²) in [6.45, 7) is 10.1. The highest BCUT2D eigenvalue weighted by atomic mass is 16.6. The van der Waals surface area contributed by atoms with E-state index >= 15 is 0 Å². The van der Waals surface area contributed by atoms with Crippen molar-refractivity contribution in [3.8, 4) is 0 Å². The number of aryl methyl sites for hydroxylation is 1.